The van der Waals surface area contributed by atoms with Gasteiger partial charge in [0.1, 0.15) is 11.6 Å². The Hall–Kier alpha value is -1.72. The van der Waals surface area contributed by atoms with E-state index in [1.165, 1.54) is 28.1 Å². The van der Waals surface area contributed by atoms with E-state index in [1.807, 2.05) is 0 Å². The van der Waals surface area contributed by atoms with Crippen molar-refractivity contribution in [3.05, 3.63) is 0 Å². The van der Waals surface area contributed by atoms with Gasteiger partial charge in [-0.1, -0.05) is 0 Å². The Bertz CT molecular complexity index is 409. The van der Waals surface area contributed by atoms with Crippen molar-refractivity contribution < 1.29 is 28.7 Å². The van der Waals surface area contributed by atoms with Crippen molar-refractivity contribution in [2.24, 2.45) is 10.8 Å². The number of hydrogen-bond acceptors (Lipinski definition) is 6. The lowest BCUT2D eigenvalue weighted by Crippen LogP contribution is -2.50. The SMILES string of the molecule is COC(=O)C1(C(=O)OC)CCC(C(C)=O)(C(C)=O)CC1. The minimum atomic E-state index is -1.40. The lowest BCUT2D eigenvalue weighted by Gasteiger charge is -2.40. The predicted molar refractivity (Wildman–Crippen MR) is 68.7 cm³/mol. The number of carbonyl (C=O) groups excluding carboxylic acids is 4. The van der Waals surface area contributed by atoms with Gasteiger partial charge in [-0.15, -0.1) is 0 Å². The highest BCUT2D eigenvalue weighted by molar-refractivity contribution is 6.06. The van der Waals surface area contributed by atoms with Crippen molar-refractivity contribution in [1.82, 2.24) is 0 Å². The van der Waals surface area contributed by atoms with Crippen LogP contribution in [0.2, 0.25) is 0 Å². The summed E-state index contributed by atoms with van der Waals surface area (Å²) in [7, 11) is 2.40. The van der Waals surface area contributed by atoms with E-state index in [0.717, 1.165) is 0 Å². The predicted octanol–water partition coefficient (Wildman–Crippen LogP) is 1.06. The molecule has 0 N–H and O–H groups in total. The molecule has 0 bridgehead atoms. The molecule has 6 heteroatoms. The second-order valence-electron chi connectivity index (χ2n) is 5.26. The van der Waals surface area contributed by atoms with E-state index in [1.54, 1.807) is 0 Å². The summed E-state index contributed by atoms with van der Waals surface area (Å²) in [6.45, 7) is 2.73. The van der Waals surface area contributed by atoms with E-state index in [9.17, 15) is 19.2 Å². The summed E-state index contributed by atoms with van der Waals surface area (Å²) < 4.78 is 9.39. The quantitative estimate of drug-likeness (QED) is 0.566. The fourth-order valence-corrected chi connectivity index (χ4v) is 2.94. The number of ketones is 2. The molecule has 0 amide bonds. The summed E-state index contributed by atoms with van der Waals surface area (Å²) in [5.41, 5.74) is -2.50. The average molecular weight is 284 g/mol. The maximum atomic E-state index is 11.9. The molecule has 0 saturated heterocycles. The summed E-state index contributed by atoms with van der Waals surface area (Å²) in [5.74, 6) is -1.81. The Kier molecular flexibility index (Phi) is 4.68. The average Bonchev–Trinajstić information content (AvgIpc) is 2.44. The number of ether oxygens (including phenoxy) is 2. The Balaban J connectivity index is 3.11. The first-order valence-electron chi connectivity index (χ1n) is 6.46. The summed E-state index contributed by atoms with van der Waals surface area (Å²) in [4.78, 5) is 47.5. The molecule has 0 aliphatic heterocycles. The standard InChI is InChI=1S/C14H20O6/c1-9(15)13(10(2)16)5-7-14(8-6-13,11(17)19-3)12(18)20-4/h5-8H2,1-4H3. The second-order valence-corrected chi connectivity index (χ2v) is 5.26. The van der Waals surface area contributed by atoms with Gasteiger partial charge in [0.2, 0.25) is 0 Å². The number of carbonyl (C=O) groups is 4. The lowest BCUT2D eigenvalue weighted by atomic mass is 9.60. The Morgan fingerprint density at radius 3 is 1.25 bits per heavy atom. The van der Waals surface area contributed by atoms with E-state index < -0.39 is 22.8 Å². The molecule has 0 heterocycles. The molecule has 0 aromatic carbocycles. The molecule has 6 nitrogen and oxygen atoms in total. The van der Waals surface area contributed by atoms with Gasteiger partial charge in [-0.25, -0.2) is 0 Å². The summed E-state index contributed by atoms with van der Waals surface area (Å²) >= 11 is 0. The van der Waals surface area contributed by atoms with E-state index in [4.69, 9.17) is 9.47 Å². The maximum absolute atomic E-state index is 11.9. The van der Waals surface area contributed by atoms with Gasteiger partial charge in [-0.2, -0.15) is 0 Å². The zero-order valence-corrected chi connectivity index (χ0v) is 12.3. The van der Waals surface area contributed by atoms with Crippen LogP contribution >= 0.6 is 0 Å². The van der Waals surface area contributed by atoms with Crippen LogP contribution in [-0.4, -0.2) is 37.7 Å². The Labute approximate surface area is 117 Å². The van der Waals surface area contributed by atoms with Crippen molar-refractivity contribution in [1.29, 1.82) is 0 Å². The molecule has 0 spiro atoms. The molecule has 112 valence electrons. The summed E-state index contributed by atoms with van der Waals surface area (Å²) in [6.07, 6.45) is 0.459. The van der Waals surface area contributed by atoms with Crippen molar-refractivity contribution in [2.75, 3.05) is 14.2 Å². The summed E-state index contributed by atoms with van der Waals surface area (Å²) in [5, 5.41) is 0. The highest BCUT2D eigenvalue weighted by atomic mass is 16.5. The fraction of sp³-hybridized carbons (Fsp3) is 0.714. The molecule has 1 rings (SSSR count). The van der Waals surface area contributed by atoms with E-state index in [0.29, 0.717) is 0 Å². The van der Waals surface area contributed by atoms with Crippen molar-refractivity contribution in [2.45, 2.75) is 39.5 Å². The normalized spacial score (nSPS) is 19.8. The van der Waals surface area contributed by atoms with Gasteiger partial charge in [0.05, 0.1) is 19.6 Å². The van der Waals surface area contributed by atoms with Crippen LogP contribution in [0.25, 0.3) is 0 Å². The summed E-state index contributed by atoms with van der Waals surface area (Å²) in [6, 6.07) is 0. The first-order chi connectivity index (χ1) is 9.26. The molecule has 1 aliphatic rings. The van der Waals surface area contributed by atoms with Crippen LogP contribution in [0, 0.1) is 10.8 Å². The van der Waals surface area contributed by atoms with Crippen LogP contribution in [0.5, 0.6) is 0 Å². The Morgan fingerprint density at radius 2 is 1.00 bits per heavy atom. The van der Waals surface area contributed by atoms with Crippen molar-refractivity contribution in [3.63, 3.8) is 0 Å². The maximum Gasteiger partial charge on any atom is 0.323 e. The van der Waals surface area contributed by atoms with Gasteiger partial charge in [-0.05, 0) is 39.5 Å². The molecule has 0 radical (unpaired) electrons. The van der Waals surface area contributed by atoms with Gasteiger partial charge in [-0.3, -0.25) is 19.2 Å². The smallest absolute Gasteiger partial charge is 0.323 e. The van der Waals surface area contributed by atoms with Crippen molar-refractivity contribution >= 4 is 23.5 Å². The first kappa shape index (κ1) is 16.3. The molecule has 1 saturated carbocycles. The second kappa shape index (κ2) is 5.73. The van der Waals surface area contributed by atoms with Crippen LogP contribution in [0.3, 0.4) is 0 Å². The molecular weight excluding hydrogens is 264 g/mol. The minimum absolute atomic E-state index is 0.0749. The number of rotatable bonds is 4. The third kappa shape index (κ3) is 2.34. The monoisotopic (exact) mass is 284 g/mol. The van der Waals surface area contributed by atoms with Crippen LogP contribution in [-0.2, 0) is 28.7 Å². The molecule has 20 heavy (non-hydrogen) atoms. The van der Waals surface area contributed by atoms with Crippen molar-refractivity contribution in [3.8, 4) is 0 Å². The topological polar surface area (TPSA) is 86.7 Å². The largest absolute Gasteiger partial charge is 0.468 e. The fourth-order valence-electron chi connectivity index (χ4n) is 2.94. The molecule has 0 atom stereocenters. The first-order valence-corrected chi connectivity index (χ1v) is 6.46. The number of hydrogen-bond donors (Lipinski definition) is 0. The Morgan fingerprint density at radius 1 is 0.700 bits per heavy atom. The zero-order valence-electron chi connectivity index (χ0n) is 12.3. The minimum Gasteiger partial charge on any atom is -0.468 e. The molecule has 0 aromatic heterocycles. The third-order valence-corrected chi connectivity index (χ3v) is 4.46. The molecule has 1 aliphatic carbocycles. The van der Waals surface area contributed by atoms with Gasteiger partial charge in [0.25, 0.3) is 0 Å². The number of esters is 2. The molecular formula is C14H20O6. The molecule has 0 unspecified atom stereocenters. The van der Waals surface area contributed by atoms with Gasteiger partial charge < -0.3 is 9.47 Å². The molecule has 0 aromatic rings. The van der Waals surface area contributed by atoms with Crippen LogP contribution < -0.4 is 0 Å². The van der Waals surface area contributed by atoms with Crippen LogP contribution in [0.4, 0.5) is 0 Å². The number of Topliss-reactive ketones (excluding diaryl/α,β-unsaturated/α-hetero) is 2. The number of methoxy groups -OCH3 is 2. The van der Waals surface area contributed by atoms with Crippen LogP contribution in [0.1, 0.15) is 39.5 Å². The third-order valence-electron chi connectivity index (χ3n) is 4.46. The van der Waals surface area contributed by atoms with E-state index in [-0.39, 0.29) is 37.2 Å². The van der Waals surface area contributed by atoms with E-state index in [2.05, 4.69) is 0 Å². The van der Waals surface area contributed by atoms with E-state index >= 15 is 0 Å². The highest BCUT2D eigenvalue weighted by Crippen LogP contribution is 2.47. The lowest BCUT2D eigenvalue weighted by molar-refractivity contribution is -0.175. The zero-order chi connectivity index (χ0) is 15.6. The van der Waals surface area contributed by atoms with Gasteiger partial charge in [0, 0.05) is 0 Å². The van der Waals surface area contributed by atoms with Gasteiger partial charge in [0.15, 0.2) is 5.41 Å². The molecule has 1 fully saturated rings. The highest BCUT2D eigenvalue weighted by Gasteiger charge is 2.56. The van der Waals surface area contributed by atoms with Gasteiger partial charge >= 0.3 is 11.9 Å². The van der Waals surface area contributed by atoms with Crippen LogP contribution in [0.15, 0.2) is 0 Å².